The zero-order valence-corrected chi connectivity index (χ0v) is 14.9. The Labute approximate surface area is 146 Å². The average Bonchev–Trinajstić information content (AvgIpc) is 2.97. The zero-order chi connectivity index (χ0) is 17.7. The van der Waals surface area contributed by atoms with Crippen LogP contribution in [0.5, 0.6) is 5.75 Å². The van der Waals surface area contributed by atoms with Gasteiger partial charge in [0.15, 0.2) is 0 Å². The maximum absolute atomic E-state index is 12.0. The van der Waals surface area contributed by atoms with E-state index in [-0.39, 0.29) is 5.91 Å². The van der Waals surface area contributed by atoms with Crippen molar-refractivity contribution < 1.29 is 9.53 Å². The van der Waals surface area contributed by atoms with Crippen molar-refractivity contribution in [2.24, 2.45) is 0 Å². The number of hydrogen-bond acceptors (Lipinski definition) is 3. The average molecular weight is 332 g/mol. The SMILES string of the molecule is COc1ccc2c(-c3c(C)ccc4c3CC(=O)N4)c(C)c(C)nc2c1. The number of ether oxygens (including phenoxy) is 1. The number of carbonyl (C=O) groups is 1. The molecule has 2 aromatic carbocycles. The topological polar surface area (TPSA) is 51.2 Å². The van der Waals surface area contributed by atoms with Crippen LogP contribution in [0.4, 0.5) is 5.69 Å². The molecule has 1 N–H and O–H groups in total. The fraction of sp³-hybridized carbons (Fsp3) is 0.238. The standard InChI is InChI=1S/C21H20N2O2/c1-11-5-8-17-16(10-19(24)23-17)20(11)21-12(2)13(3)22-18-9-14(25-4)6-7-15(18)21/h5-9H,10H2,1-4H3,(H,23,24). The van der Waals surface area contributed by atoms with Gasteiger partial charge >= 0.3 is 0 Å². The molecular formula is C21H20N2O2. The van der Waals surface area contributed by atoms with Gasteiger partial charge in [0, 0.05) is 22.8 Å². The molecule has 4 nitrogen and oxygen atoms in total. The summed E-state index contributed by atoms with van der Waals surface area (Å²) in [4.78, 5) is 16.7. The van der Waals surface area contributed by atoms with Gasteiger partial charge in [-0.3, -0.25) is 9.78 Å². The number of rotatable bonds is 2. The fourth-order valence-electron chi connectivity index (χ4n) is 3.68. The molecule has 0 radical (unpaired) electrons. The number of methoxy groups -OCH3 is 1. The highest BCUT2D eigenvalue weighted by Gasteiger charge is 2.25. The minimum atomic E-state index is 0.0521. The van der Waals surface area contributed by atoms with Crippen molar-refractivity contribution in [2.45, 2.75) is 27.2 Å². The number of hydrogen-bond donors (Lipinski definition) is 1. The molecule has 0 fully saturated rings. The molecule has 0 unspecified atom stereocenters. The van der Waals surface area contributed by atoms with Gasteiger partial charge in [-0.25, -0.2) is 0 Å². The van der Waals surface area contributed by atoms with E-state index in [1.54, 1.807) is 7.11 Å². The molecule has 126 valence electrons. The third-order valence-electron chi connectivity index (χ3n) is 5.06. The summed E-state index contributed by atoms with van der Waals surface area (Å²) in [6.07, 6.45) is 0.421. The Bertz CT molecular complexity index is 1040. The van der Waals surface area contributed by atoms with Gasteiger partial charge in [0.05, 0.1) is 19.0 Å². The lowest BCUT2D eigenvalue weighted by Gasteiger charge is -2.18. The van der Waals surface area contributed by atoms with Crippen molar-refractivity contribution in [3.63, 3.8) is 0 Å². The first-order chi connectivity index (χ1) is 12.0. The van der Waals surface area contributed by atoms with Crippen molar-refractivity contribution in [2.75, 3.05) is 12.4 Å². The van der Waals surface area contributed by atoms with Crippen molar-refractivity contribution in [1.29, 1.82) is 0 Å². The molecule has 0 atom stereocenters. The summed E-state index contributed by atoms with van der Waals surface area (Å²) in [7, 11) is 1.66. The van der Waals surface area contributed by atoms with E-state index in [2.05, 4.69) is 31.3 Å². The minimum absolute atomic E-state index is 0.0521. The number of benzene rings is 2. The molecule has 3 aromatic rings. The molecule has 0 aliphatic carbocycles. The van der Waals surface area contributed by atoms with Crippen LogP contribution in [0.2, 0.25) is 0 Å². The molecule has 4 heteroatoms. The Hall–Kier alpha value is -2.88. The highest BCUT2D eigenvalue weighted by Crippen LogP contribution is 2.41. The third kappa shape index (κ3) is 2.37. The van der Waals surface area contributed by atoms with E-state index in [0.717, 1.165) is 50.3 Å². The summed E-state index contributed by atoms with van der Waals surface area (Å²) < 4.78 is 5.36. The van der Waals surface area contributed by atoms with Crippen LogP contribution in [0.25, 0.3) is 22.0 Å². The Balaban J connectivity index is 2.11. The predicted molar refractivity (Wildman–Crippen MR) is 100 cm³/mol. The van der Waals surface area contributed by atoms with E-state index in [1.165, 1.54) is 5.56 Å². The zero-order valence-electron chi connectivity index (χ0n) is 14.9. The Kier molecular flexibility index (Phi) is 3.49. The van der Waals surface area contributed by atoms with Gasteiger partial charge in [-0.2, -0.15) is 0 Å². The molecule has 0 bridgehead atoms. The molecule has 1 aromatic heterocycles. The third-order valence-corrected chi connectivity index (χ3v) is 5.06. The highest BCUT2D eigenvalue weighted by atomic mass is 16.5. The smallest absolute Gasteiger partial charge is 0.228 e. The van der Waals surface area contributed by atoms with Crippen molar-refractivity contribution in [3.8, 4) is 16.9 Å². The number of aryl methyl sites for hydroxylation is 2. The Morgan fingerprint density at radius 1 is 1.08 bits per heavy atom. The molecule has 25 heavy (non-hydrogen) atoms. The minimum Gasteiger partial charge on any atom is -0.497 e. The Morgan fingerprint density at radius 2 is 1.88 bits per heavy atom. The van der Waals surface area contributed by atoms with Gasteiger partial charge in [0.2, 0.25) is 5.91 Å². The van der Waals surface area contributed by atoms with E-state index in [0.29, 0.717) is 6.42 Å². The van der Waals surface area contributed by atoms with Crippen LogP contribution in [0.15, 0.2) is 30.3 Å². The number of amides is 1. The van der Waals surface area contributed by atoms with Crippen LogP contribution in [0.1, 0.15) is 22.4 Å². The number of aromatic nitrogens is 1. The molecule has 2 heterocycles. The molecular weight excluding hydrogens is 312 g/mol. The van der Waals surface area contributed by atoms with Crippen molar-refractivity contribution in [1.82, 2.24) is 4.98 Å². The summed E-state index contributed by atoms with van der Waals surface area (Å²) in [6, 6.07) is 10.1. The summed E-state index contributed by atoms with van der Waals surface area (Å²) >= 11 is 0. The van der Waals surface area contributed by atoms with Gasteiger partial charge in [-0.15, -0.1) is 0 Å². The molecule has 1 amide bonds. The van der Waals surface area contributed by atoms with E-state index >= 15 is 0 Å². The van der Waals surface area contributed by atoms with E-state index in [1.807, 2.05) is 25.1 Å². The van der Waals surface area contributed by atoms with Crippen molar-refractivity contribution >= 4 is 22.5 Å². The number of anilines is 1. The van der Waals surface area contributed by atoms with Gasteiger partial charge in [0.1, 0.15) is 5.75 Å². The van der Waals surface area contributed by atoms with Gasteiger partial charge in [-0.1, -0.05) is 6.07 Å². The second-order valence-corrected chi connectivity index (χ2v) is 6.59. The lowest BCUT2D eigenvalue weighted by atomic mass is 9.88. The van der Waals surface area contributed by atoms with Crippen LogP contribution in [-0.2, 0) is 11.2 Å². The normalized spacial score (nSPS) is 13.0. The summed E-state index contributed by atoms with van der Waals surface area (Å²) in [5.74, 6) is 0.845. The van der Waals surface area contributed by atoms with E-state index < -0.39 is 0 Å². The first-order valence-electron chi connectivity index (χ1n) is 8.37. The van der Waals surface area contributed by atoms with E-state index in [4.69, 9.17) is 9.72 Å². The maximum atomic E-state index is 12.0. The highest BCUT2D eigenvalue weighted by molar-refractivity contribution is 6.06. The number of nitrogens with zero attached hydrogens (tertiary/aromatic N) is 1. The lowest BCUT2D eigenvalue weighted by Crippen LogP contribution is -2.03. The molecule has 0 saturated heterocycles. The molecule has 1 aliphatic heterocycles. The van der Waals surface area contributed by atoms with Gasteiger partial charge in [0.25, 0.3) is 0 Å². The summed E-state index contributed by atoms with van der Waals surface area (Å²) in [6.45, 7) is 6.23. The summed E-state index contributed by atoms with van der Waals surface area (Å²) in [5.41, 5.74) is 8.52. The quantitative estimate of drug-likeness (QED) is 0.760. The number of nitrogens with one attached hydrogen (secondary N) is 1. The number of pyridine rings is 1. The first kappa shape index (κ1) is 15.6. The van der Waals surface area contributed by atoms with Crippen LogP contribution >= 0.6 is 0 Å². The molecule has 4 rings (SSSR count). The van der Waals surface area contributed by atoms with Crippen LogP contribution in [0.3, 0.4) is 0 Å². The molecule has 0 saturated carbocycles. The number of fused-ring (bicyclic) bond motifs is 2. The van der Waals surface area contributed by atoms with Crippen LogP contribution in [0, 0.1) is 20.8 Å². The molecule has 0 spiro atoms. The molecule has 1 aliphatic rings. The number of carbonyl (C=O) groups excluding carboxylic acids is 1. The largest absolute Gasteiger partial charge is 0.497 e. The second kappa shape index (κ2) is 5.59. The first-order valence-corrected chi connectivity index (χ1v) is 8.37. The van der Waals surface area contributed by atoms with Crippen LogP contribution in [-0.4, -0.2) is 18.0 Å². The maximum Gasteiger partial charge on any atom is 0.228 e. The second-order valence-electron chi connectivity index (χ2n) is 6.59. The van der Waals surface area contributed by atoms with Crippen molar-refractivity contribution in [3.05, 3.63) is 52.7 Å². The monoisotopic (exact) mass is 332 g/mol. The lowest BCUT2D eigenvalue weighted by molar-refractivity contribution is -0.115. The van der Waals surface area contributed by atoms with Crippen LogP contribution < -0.4 is 10.1 Å². The van der Waals surface area contributed by atoms with E-state index in [9.17, 15) is 4.79 Å². The Morgan fingerprint density at radius 3 is 2.64 bits per heavy atom. The fourth-order valence-corrected chi connectivity index (χ4v) is 3.68. The predicted octanol–water partition coefficient (Wildman–Crippen LogP) is 4.33. The van der Waals surface area contributed by atoms with Gasteiger partial charge < -0.3 is 10.1 Å². The van der Waals surface area contributed by atoms with Gasteiger partial charge in [-0.05, 0) is 66.8 Å². The summed E-state index contributed by atoms with van der Waals surface area (Å²) in [5, 5.41) is 4.04.